The molecule has 7 heteroatoms. The second-order valence-electron chi connectivity index (χ2n) is 5.48. The van der Waals surface area contributed by atoms with Crippen LogP contribution in [0.2, 0.25) is 0 Å². The third kappa shape index (κ3) is 3.74. The summed E-state index contributed by atoms with van der Waals surface area (Å²) >= 11 is 0. The maximum atomic E-state index is 11.6. The van der Waals surface area contributed by atoms with Crippen molar-refractivity contribution in [2.75, 3.05) is 13.1 Å². The Hall–Kier alpha value is -1.41. The Morgan fingerprint density at radius 2 is 1.87 bits per heavy atom. The van der Waals surface area contributed by atoms with Gasteiger partial charge in [0.15, 0.2) is 0 Å². The normalized spacial score (nSPS) is 17.7. The van der Waals surface area contributed by atoms with Crippen LogP contribution in [0.25, 0.3) is 0 Å². The summed E-state index contributed by atoms with van der Waals surface area (Å²) in [5, 5.41) is 18.6. The van der Waals surface area contributed by atoms with Crippen LogP contribution >= 0.6 is 17.0 Å². The number of phenolic OH excluding ortho intramolecular Hbond substituents is 1. The van der Waals surface area contributed by atoms with Gasteiger partial charge >= 0.3 is 0 Å². The number of fused-ring (bicyclic) bond motifs is 1. The molecule has 0 radical (unpaired) electrons. The minimum atomic E-state index is -3.93. The van der Waals surface area contributed by atoms with Crippen molar-refractivity contribution in [2.24, 2.45) is 5.14 Å². The lowest BCUT2D eigenvalue weighted by atomic mass is 9.88. The highest BCUT2D eigenvalue weighted by atomic mass is 79.9. The highest BCUT2D eigenvalue weighted by Gasteiger charge is 2.24. The Labute approximate surface area is 146 Å². The van der Waals surface area contributed by atoms with Gasteiger partial charge in [-0.25, -0.2) is 13.6 Å². The SMILES string of the molecule is Br.NS(=O)(=O)c1cc2c(cc1O)C(c1ccccc1)CNCC2. The molecule has 0 saturated carbocycles. The van der Waals surface area contributed by atoms with Crippen LogP contribution in [0.5, 0.6) is 5.75 Å². The van der Waals surface area contributed by atoms with E-state index in [4.69, 9.17) is 5.14 Å². The summed E-state index contributed by atoms with van der Waals surface area (Å²) < 4.78 is 23.2. The number of sulfonamides is 1. The molecule has 5 nitrogen and oxygen atoms in total. The molecule has 0 amide bonds. The molecule has 0 spiro atoms. The van der Waals surface area contributed by atoms with Gasteiger partial charge in [0.05, 0.1) is 0 Å². The number of nitrogens with one attached hydrogen (secondary N) is 1. The van der Waals surface area contributed by atoms with E-state index < -0.39 is 10.0 Å². The first-order valence-electron chi connectivity index (χ1n) is 7.11. The number of rotatable bonds is 2. The molecule has 1 heterocycles. The molecule has 4 N–H and O–H groups in total. The van der Waals surface area contributed by atoms with Crippen LogP contribution in [-0.4, -0.2) is 26.6 Å². The fraction of sp³-hybridized carbons (Fsp3) is 0.250. The number of halogens is 1. The van der Waals surface area contributed by atoms with Crippen molar-refractivity contribution >= 4 is 27.0 Å². The molecule has 0 bridgehead atoms. The van der Waals surface area contributed by atoms with Gasteiger partial charge in [0.1, 0.15) is 10.6 Å². The van der Waals surface area contributed by atoms with Crippen LogP contribution in [0, 0.1) is 0 Å². The molecule has 0 aliphatic carbocycles. The Bertz CT molecular complexity index is 794. The minimum absolute atomic E-state index is 0. The summed E-state index contributed by atoms with van der Waals surface area (Å²) in [6.45, 7) is 1.50. The largest absolute Gasteiger partial charge is 0.507 e. The molecule has 1 atom stereocenters. The topological polar surface area (TPSA) is 92.4 Å². The van der Waals surface area contributed by atoms with Gasteiger partial charge in [0, 0.05) is 12.5 Å². The summed E-state index contributed by atoms with van der Waals surface area (Å²) in [6, 6.07) is 13.0. The molecular weight excluding hydrogens is 380 g/mol. The van der Waals surface area contributed by atoms with Crippen LogP contribution in [-0.2, 0) is 16.4 Å². The summed E-state index contributed by atoms with van der Waals surface area (Å²) in [7, 11) is -3.93. The van der Waals surface area contributed by atoms with Crippen molar-refractivity contribution < 1.29 is 13.5 Å². The third-order valence-electron chi connectivity index (χ3n) is 4.02. The van der Waals surface area contributed by atoms with Crippen molar-refractivity contribution in [1.82, 2.24) is 5.32 Å². The lowest BCUT2D eigenvalue weighted by molar-refractivity contribution is 0.457. The van der Waals surface area contributed by atoms with Crippen molar-refractivity contribution in [3.05, 3.63) is 59.2 Å². The zero-order valence-corrected chi connectivity index (χ0v) is 14.9. The van der Waals surface area contributed by atoms with Crippen molar-refractivity contribution in [1.29, 1.82) is 0 Å². The van der Waals surface area contributed by atoms with Gasteiger partial charge < -0.3 is 10.4 Å². The fourth-order valence-corrected chi connectivity index (χ4v) is 3.61. The number of nitrogens with two attached hydrogens (primary N) is 1. The summed E-state index contributed by atoms with van der Waals surface area (Å²) in [5.41, 5.74) is 2.97. The number of aromatic hydroxyl groups is 1. The predicted molar refractivity (Wildman–Crippen MR) is 94.7 cm³/mol. The Morgan fingerprint density at radius 3 is 2.52 bits per heavy atom. The van der Waals surface area contributed by atoms with E-state index in [-0.39, 0.29) is 33.5 Å². The average Bonchev–Trinajstić information content (AvgIpc) is 2.68. The molecule has 2 aromatic rings. The van der Waals surface area contributed by atoms with Gasteiger partial charge in [0.2, 0.25) is 10.0 Å². The Balaban J connectivity index is 0.00000192. The van der Waals surface area contributed by atoms with Gasteiger partial charge in [-0.1, -0.05) is 30.3 Å². The van der Waals surface area contributed by atoms with Crippen molar-refractivity contribution in [3.8, 4) is 5.75 Å². The number of primary sulfonamides is 1. The van der Waals surface area contributed by atoms with Gasteiger partial charge in [-0.15, -0.1) is 17.0 Å². The second kappa shape index (κ2) is 7.00. The van der Waals surface area contributed by atoms with E-state index in [2.05, 4.69) is 5.32 Å². The third-order valence-corrected chi connectivity index (χ3v) is 4.96. The van der Waals surface area contributed by atoms with Crippen molar-refractivity contribution in [2.45, 2.75) is 17.2 Å². The number of benzene rings is 2. The van der Waals surface area contributed by atoms with Crippen molar-refractivity contribution in [3.63, 3.8) is 0 Å². The van der Waals surface area contributed by atoms with Crippen LogP contribution in [0.15, 0.2) is 47.4 Å². The Morgan fingerprint density at radius 1 is 1.17 bits per heavy atom. The van der Waals surface area contributed by atoms with E-state index in [0.717, 1.165) is 29.8 Å². The van der Waals surface area contributed by atoms with Crippen LogP contribution in [0.4, 0.5) is 0 Å². The molecule has 2 aromatic carbocycles. The smallest absolute Gasteiger partial charge is 0.241 e. The molecule has 1 unspecified atom stereocenters. The molecule has 0 aromatic heterocycles. The highest BCUT2D eigenvalue weighted by molar-refractivity contribution is 8.93. The standard InChI is InChI=1S/C16H18N2O3S.BrH/c17-22(20,21)16-8-12-6-7-18-10-14(13(12)9-15(16)19)11-4-2-1-3-5-11;/h1-5,8-9,14,18-19H,6-7,10H2,(H2,17,20,21);1H. The van der Waals surface area contributed by atoms with Gasteiger partial charge in [-0.2, -0.15) is 0 Å². The van der Waals surface area contributed by atoms with E-state index in [1.54, 1.807) is 6.07 Å². The van der Waals surface area contributed by atoms with E-state index in [1.807, 2.05) is 30.3 Å². The maximum Gasteiger partial charge on any atom is 0.241 e. The average molecular weight is 399 g/mol. The first kappa shape index (κ1) is 17.9. The van der Waals surface area contributed by atoms with Gasteiger partial charge in [-0.05, 0) is 41.8 Å². The summed E-state index contributed by atoms with van der Waals surface area (Å²) in [5.74, 6) is -0.219. The zero-order chi connectivity index (χ0) is 15.7. The van der Waals surface area contributed by atoms with Gasteiger partial charge in [0.25, 0.3) is 0 Å². The van der Waals surface area contributed by atoms with E-state index in [9.17, 15) is 13.5 Å². The monoisotopic (exact) mass is 398 g/mol. The van der Waals surface area contributed by atoms with E-state index in [1.165, 1.54) is 6.07 Å². The number of hydrogen-bond donors (Lipinski definition) is 3. The first-order chi connectivity index (χ1) is 10.5. The molecule has 1 aliphatic heterocycles. The Kier molecular flexibility index (Phi) is 5.46. The molecule has 0 fully saturated rings. The molecule has 1 aliphatic rings. The molecule has 124 valence electrons. The summed E-state index contributed by atoms with van der Waals surface area (Å²) in [4.78, 5) is -0.208. The maximum absolute atomic E-state index is 11.6. The minimum Gasteiger partial charge on any atom is -0.507 e. The lowest BCUT2D eigenvalue weighted by Gasteiger charge is -2.19. The van der Waals surface area contributed by atoms with Gasteiger partial charge in [-0.3, -0.25) is 0 Å². The van der Waals surface area contributed by atoms with E-state index >= 15 is 0 Å². The fourth-order valence-electron chi connectivity index (χ4n) is 2.96. The quantitative estimate of drug-likeness (QED) is 0.719. The van der Waals surface area contributed by atoms with Crippen LogP contribution < -0.4 is 10.5 Å². The molecule has 0 saturated heterocycles. The first-order valence-corrected chi connectivity index (χ1v) is 8.65. The molecule has 3 rings (SSSR count). The second-order valence-corrected chi connectivity index (χ2v) is 7.01. The highest BCUT2D eigenvalue weighted by Crippen LogP contribution is 2.34. The van der Waals surface area contributed by atoms with E-state index in [0.29, 0.717) is 6.42 Å². The van der Waals surface area contributed by atoms with Crippen LogP contribution in [0.1, 0.15) is 22.6 Å². The summed E-state index contributed by atoms with van der Waals surface area (Å²) in [6.07, 6.45) is 0.696. The zero-order valence-electron chi connectivity index (χ0n) is 12.4. The molecular formula is C16H19BrN2O3S. The number of hydrogen-bond acceptors (Lipinski definition) is 4. The lowest BCUT2D eigenvalue weighted by Crippen LogP contribution is -2.20. The van der Waals surface area contributed by atoms with Crippen LogP contribution in [0.3, 0.4) is 0 Å². The number of phenols is 1. The molecule has 23 heavy (non-hydrogen) atoms. The predicted octanol–water partition coefficient (Wildman–Crippen LogP) is 1.90.